The minimum absolute atomic E-state index is 0.0653. The smallest absolute Gasteiger partial charge is 0.331 e. The van der Waals surface area contributed by atoms with Crippen molar-refractivity contribution < 1.29 is 23.5 Å². The fraction of sp³-hybridized carbons (Fsp3) is 0.258. The first kappa shape index (κ1) is 26.0. The molecule has 2 aromatic heterocycles. The van der Waals surface area contributed by atoms with Crippen LogP contribution in [0, 0.1) is 0 Å². The molecular formula is C31H31N3O5. The average molecular weight is 526 g/mol. The van der Waals surface area contributed by atoms with Crippen LogP contribution in [-0.2, 0) is 22.7 Å². The van der Waals surface area contributed by atoms with Gasteiger partial charge in [0.05, 0.1) is 19.4 Å². The van der Waals surface area contributed by atoms with Crippen molar-refractivity contribution in [3.05, 3.63) is 95.6 Å². The Labute approximate surface area is 226 Å². The van der Waals surface area contributed by atoms with Crippen molar-refractivity contribution in [3.8, 4) is 5.75 Å². The number of nitrogens with zero attached hydrogens (tertiary/aromatic N) is 2. The minimum atomic E-state index is -0.768. The Morgan fingerprint density at radius 3 is 2.62 bits per heavy atom. The van der Waals surface area contributed by atoms with Gasteiger partial charge in [0, 0.05) is 29.2 Å². The number of furan rings is 1. The number of hydrogen-bond donors (Lipinski definition) is 1. The quantitative estimate of drug-likeness (QED) is 0.159. The highest BCUT2D eigenvalue weighted by molar-refractivity contribution is 6.31. The lowest BCUT2D eigenvalue weighted by Crippen LogP contribution is -2.53. The normalized spacial score (nSPS) is 15.7. The molecule has 5 rings (SSSR count). The van der Waals surface area contributed by atoms with Gasteiger partial charge in [-0.05, 0) is 54.7 Å². The number of amides is 4. The monoisotopic (exact) mass is 525 g/mol. The van der Waals surface area contributed by atoms with Gasteiger partial charge in [-0.2, -0.15) is 0 Å². The summed E-state index contributed by atoms with van der Waals surface area (Å²) in [6.45, 7) is 5.56. The average Bonchev–Trinajstić information content (AvgIpc) is 3.59. The van der Waals surface area contributed by atoms with Crippen LogP contribution in [-0.4, -0.2) is 33.9 Å². The van der Waals surface area contributed by atoms with Gasteiger partial charge in [-0.1, -0.05) is 50.2 Å². The molecule has 8 heteroatoms. The molecule has 1 unspecified atom stereocenters. The van der Waals surface area contributed by atoms with Crippen molar-refractivity contribution in [1.82, 2.24) is 14.8 Å². The number of rotatable bonds is 10. The van der Waals surface area contributed by atoms with Crippen LogP contribution in [0.5, 0.6) is 5.75 Å². The van der Waals surface area contributed by atoms with E-state index in [1.165, 1.54) is 11.8 Å². The number of ether oxygens (including phenoxy) is 1. The Morgan fingerprint density at radius 1 is 1.03 bits per heavy atom. The van der Waals surface area contributed by atoms with Crippen molar-refractivity contribution >= 4 is 34.8 Å². The van der Waals surface area contributed by atoms with E-state index in [9.17, 15) is 14.4 Å². The molecule has 8 nitrogen and oxygen atoms in total. The minimum Gasteiger partial charge on any atom is -0.493 e. The summed E-state index contributed by atoms with van der Waals surface area (Å²) in [5.74, 6) is 0.411. The molecule has 1 aliphatic heterocycles. The van der Waals surface area contributed by atoms with Crippen LogP contribution in [0.15, 0.2) is 83.1 Å². The number of carbonyl (C=O) groups is 3. The summed E-state index contributed by atoms with van der Waals surface area (Å²) < 4.78 is 13.5. The van der Waals surface area contributed by atoms with Crippen LogP contribution in [0.2, 0.25) is 0 Å². The van der Waals surface area contributed by atoms with Gasteiger partial charge in [-0.25, -0.2) is 4.79 Å². The maximum absolute atomic E-state index is 13.2. The predicted molar refractivity (Wildman–Crippen MR) is 148 cm³/mol. The summed E-state index contributed by atoms with van der Waals surface area (Å²) in [6.07, 6.45) is 6.77. The zero-order valence-corrected chi connectivity index (χ0v) is 22.1. The maximum Gasteiger partial charge on any atom is 0.331 e. The van der Waals surface area contributed by atoms with Crippen molar-refractivity contribution in [2.75, 3.05) is 6.61 Å². The fourth-order valence-electron chi connectivity index (χ4n) is 4.78. The summed E-state index contributed by atoms with van der Waals surface area (Å²) in [5, 5.41) is 3.17. The van der Waals surface area contributed by atoms with Crippen LogP contribution < -0.4 is 10.1 Å². The molecule has 3 heterocycles. The van der Waals surface area contributed by atoms with Crippen molar-refractivity contribution in [2.45, 2.75) is 45.7 Å². The number of carbonyl (C=O) groups excluding carboxylic acids is 3. The van der Waals surface area contributed by atoms with Gasteiger partial charge >= 0.3 is 6.03 Å². The molecule has 1 aliphatic rings. The number of aryl methyl sites for hydroxylation is 1. The first-order valence-electron chi connectivity index (χ1n) is 13.2. The van der Waals surface area contributed by atoms with E-state index in [1.807, 2.05) is 48.7 Å². The standard InChI is InChI=1S/C31H31N3O5/c1-3-21(2)24-11-5-7-14-28(24)39-17-9-15-33-19-22(25-12-4-6-13-27(25)33)18-26-29(35)32-31(37)34(30(26)36)20-23-10-8-16-38-23/h4-8,10-14,16,18-19,21H,3,9,15,17,20H2,1-2H3,(H,32,35,37). The third-order valence-corrected chi connectivity index (χ3v) is 7.06. The molecule has 0 spiro atoms. The largest absolute Gasteiger partial charge is 0.493 e. The summed E-state index contributed by atoms with van der Waals surface area (Å²) in [4.78, 5) is 39.2. The second-order valence-electron chi connectivity index (χ2n) is 9.63. The highest BCUT2D eigenvalue weighted by Crippen LogP contribution is 2.29. The van der Waals surface area contributed by atoms with E-state index < -0.39 is 17.8 Å². The Kier molecular flexibility index (Phi) is 7.63. The van der Waals surface area contributed by atoms with Crippen LogP contribution in [0.4, 0.5) is 4.79 Å². The lowest BCUT2D eigenvalue weighted by molar-refractivity contribution is -0.130. The molecule has 4 aromatic rings. The van der Waals surface area contributed by atoms with E-state index in [2.05, 4.69) is 29.8 Å². The van der Waals surface area contributed by atoms with E-state index in [-0.39, 0.29) is 12.1 Å². The highest BCUT2D eigenvalue weighted by atomic mass is 16.5. The van der Waals surface area contributed by atoms with Crippen LogP contribution in [0.25, 0.3) is 17.0 Å². The van der Waals surface area contributed by atoms with Gasteiger partial charge in [-0.15, -0.1) is 0 Å². The first-order valence-corrected chi connectivity index (χ1v) is 13.2. The Balaban J connectivity index is 1.34. The van der Waals surface area contributed by atoms with Crippen LogP contribution >= 0.6 is 0 Å². The van der Waals surface area contributed by atoms with Gasteiger partial charge in [0.15, 0.2) is 0 Å². The molecule has 1 N–H and O–H groups in total. The molecule has 0 aliphatic carbocycles. The molecule has 0 saturated carbocycles. The molecule has 4 amide bonds. The van der Waals surface area contributed by atoms with E-state index in [0.717, 1.165) is 40.0 Å². The maximum atomic E-state index is 13.2. The highest BCUT2D eigenvalue weighted by Gasteiger charge is 2.36. The molecule has 2 aromatic carbocycles. The summed E-state index contributed by atoms with van der Waals surface area (Å²) in [6, 6.07) is 18.6. The van der Waals surface area contributed by atoms with Crippen LogP contribution in [0.1, 0.15) is 49.5 Å². The predicted octanol–water partition coefficient (Wildman–Crippen LogP) is 5.88. The second-order valence-corrected chi connectivity index (χ2v) is 9.63. The van der Waals surface area contributed by atoms with E-state index in [4.69, 9.17) is 9.15 Å². The van der Waals surface area contributed by atoms with E-state index >= 15 is 0 Å². The zero-order valence-electron chi connectivity index (χ0n) is 22.1. The van der Waals surface area contributed by atoms with Crippen molar-refractivity contribution in [2.24, 2.45) is 0 Å². The van der Waals surface area contributed by atoms with Gasteiger partial charge in [-0.3, -0.25) is 19.8 Å². The molecule has 1 saturated heterocycles. The van der Waals surface area contributed by atoms with Crippen molar-refractivity contribution in [1.29, 1.82) is 0 Å². The topological polar surface area (TPSA) is 93.8 Å². The number of nitrogens with one attached hydrogen (secondary N) is 1. The van der Waals surface area contributed by atoms with Gasteiger partial charge in [0.2, 0.25) is 0 Å². The van der Waals surface area contributed by atoms with Gasteiger partial charge in [0.25, 0.3) is 11.8 Å². The molecule has 1 fully saturated rings. The second kappa shape index (κ2) is 11.4. The lowest BCUT2D eigenvalue weighted by Gasteiger charge is -2.25. The lowest BCUT2D eigenvalue weighted by atomic mass is 9.98. The molecule has 200 valence electrons. The molecule has 1 atom stereocenters. The number of fused-ring (bicyclic) bond motifs is 1. The Hall–Kier alpha value is -4.59. The van der Waals surface area contributed by atoms with E-state index in [1.54, 1.807) is 18.2 Å². The Morgan fingerprint density at radius 2 is 1.82 bits per heavy atom. The number of barbiturate groups is 1. The summed E-state index contributed by atoms with van der Waals surface area (Å²) in [5.41, 5.74) is 2.82. The Bertz CT molecular complexity index is 1530. The third-order valence-electron chi connectivity index (χ3n) is 7.06. The van der Waals surface area contributed by atoms with Gasteiger partial charge in [0.1, 0.15) is 17.1 Å². The summed E-state index contributed by atoms with van der Waals surface area (Å²) >= 11 is 0. The molecule has 0 bridgehead atoms. The van der Waals surface area contributed by atoms with Crippen LogP contribution in [0.3, 0.4) is 0 Å². The van der Waals surface area contributed by atoms with Crippen molar-refractivity contribution in [3.63, 3.8) is 0 Å². The third kappa shape index (κ3) is 5.50. The fourth-order valence-corrected chi connectivity index (χ4v) is 4.78. The number of para-hydroxylation sites is 2. The summed E-state index contributed by atoms with van der Waals surface area (Å²) in [7, 11) is 0. The SMILES string of the molecule is CCC(C)c1ccccc1OCCCn1cc(C=C2C(=O)NC(=O)N(Cc3ccco3)C2=O)c2ccccc21. The molecule has 39 heavy (non-hydrogen) atoms. The molecule has 0 radical (unpaired) electrons. The number of urea groups is 1. The molecular weight excluding hydrogens is 494 g/mol. The number of benzene rings is 2. The van der Waals surface area contributed by atoms with Gasteiger partial charge < -0.3 is 13.7 Å². The van der Waals surface area contributed by atoms with E-state index in [0.29, 0.717) is 24.8 Å². The number of hydrogen-bond acceptors (Lipinski definition) is 5. The number of imide groups is 2. The first-order chi connectivity index (χ1) is 19.0. The number of aromatic nitrogens is 1. The zero-order chi connectivity index (χ0) is 27.4.